The lowest BCUT2D eigenvalue weighted by molar-refractivity contribution is -0.171. The summed E-state index contributed by atoms with van der Waals surface area (Å²) in [5.41, 5.74) is 0.965. The molecule has 0 heterocycles. The number of hydrogen-bond acceptors (Lipinski definition) is 5. The third-order valence-electron chi connectivity index (χ3n) is 7.54. The number of esters is 1. The van der Waals surface area contributed by atoms with Crippen LogP contribution in [0.2, 0.25) is 0 Å². The van der Waals surface area contributed by atoms with Gasteiger partial charge in [0, 0.05) is 16.1 Å². The summed E-state index contributed by atoms with van der Waals surface area (Å²) in [5.74, 6) is 0.510. The van der Waals surface area contributed by atoms with E-state index in [-0.39, 0.29) is 23.4 Å². The highest BCUT2D eigenvalue weighted by Crippen LogP contribution is 2.64. The number of carbonyl (C=O) groups excluding carboxylic acids is 3. The topological polar surface area (TPSA) is 93.7 Å². The van der Waals surface area contributed by atoms with Crippen LogP contribution >= 0.6 is 11.6 Å². The van der Waals surface area contributed by atoms with Gasteiger partial charge in [0.15, 0.2) is 6.61 Å². The SMILES string of the molecule is COc1ccccc1NC(=O)c1ccc(NC(=O)COC(=O)C23CC4CC(CC(Cl)(C4)C2)C3)cc1. The monoisotopic (exact) mass is 496 g/mol. The molecule has 2 atom stereocenters. The van der Waals surface area contributed by atoms with Crippen molar-refractivity contribution < 1.29 is 23.9 Å². The van der Waals surface area contributed by atoms with Crippen molar-refractivity contribution in [3.8, 4) is 5.75 Å². The minimum Gasteiger partial charge on any atom is -0.495 e. The minimum absolute atomic E-state index is 0.287. The normalized spacial score (nSPS) is 28.3. The second-order valence-corrected chi connectivity index (χ2v) is 11.1. The number of hydrogen-bond donors (Lipinski definition) is 2. The number of carbonyl (C=O) groups is 3. The maximum absolute atomic E-state index is 13.0. The summed E-state index contributed by atoms with van der Waals surface area (Å²) in [6.45, 7) is -0.346. The maximum atomic E-state index is 13.0. The zero-order valence-corrected chi connectivity index (χ0v) is 20.4. The molecule has 0 radical (unpaired) electrons. The highest BCUT2D eigenvalue weighted by Gasteiger charge is 2.60. The fraction of sp³-hybridized carbons (Fsp3) is 0.444. The van der Waals surface area contributed by atoms with Gasteiger partial charge in [0.05, 0.1) is 18.2 Å². The Labute approximate surface area is 209 Å². The minimum atomic E-state index is -0.539. The van der Waals surface area contributed by atoms with Crippen molar-refractivity contribution >= 4 is 40.8 Å². The molecule has 184 valence electrons. The van der Waals surface area contributed by atoms with Crippen molar-refractivity contribution in [2.45, 2.75) is 43.4 Å². The zero-order chi connectivity index (χ0) is 24.6. The van der Waals surface area contributed by atoms with Crippen molar-refractivity contribution in [3.05, 3.63) is 54.1 Å². The molecular weight excluding hydrogens is 468 g/mol. The van der Waals surface area contributed by atoms with Gasteiger partial charge < -0.3 is 20.1 Å². The smallest absolute Gasteiger partial charge is 0.312 e. The first-order valence-corrected chi connectivity index (χ1v) is 12.4. The van der Waals surface area contributed by atoms with Gasteiger partial charge in [-0.05, 0) is 86.8 Å². The molecule has 2 N–H and O–H groups in total. The molecule has 6 rings (SSSR count). The van der Waals surface area contributed by atoms with Gasteiger partial charge >= 0.3 is 5.97 Å². The van der Waals surface area contributed by atoms with Crippen LogP contribution in [0.4, 0.5) is 11.4 Å². The van der Waals surface area contributed by atoms with Gasteiger partial charge in [-0.3, -0.25) is 14.4 Å². The molecule has 2 aromatic rings. The number of ether oxygens (including phenoxy) is 2. The number of benzene rings is 2. The third kappa shape index (κ3) is 4.87. The summed E-state index contributed by atoms with van der Waals surface area (Å²) >= 11 is 6.81. The van der Waals surface area contributed by atoms with Gasteiger partial charge in [-0.15, -0.1) is 11.6 Å². The van der Waals surface area contributed by atoms with Crippen LogP contribution in [0.1, 0.15) is 48.9 Å². The Morgan fingerprint density at radius 3 is 2.31 bits per heavy atom. The van der Waals surface area contributed by atoms with E-state index in [0.29, 0.717) is 40.9 Å². The molecule has 4 bridgehead atoms. The highest BCUT2D eigenvalue weighted by atomic mass is 35.5. The average Bonchev–Trinajstić information content (AvgIpc) is 2.81. The van der Waals surface area contributed by atoms with Crippen LogP contribution < -0.4 is 15.4 Å². The molecule has 0 aromatic heterocycles. The second-order valence-electron chi connectivity index (χ2n) is 10.2. The van der Waals surface area contributed by atoms with E-state index >= 15 is 0 Å². The standard InChI is InChI=1S/C27H29ClN2O5/c1-34-22-5-3-2-4-21(22)30-24(32)19-6-8-20(9-7-19)29-23(31)15-35-25(33)26-11-17-10-18(12-26)14-27(28,13-17)16-26/h2-9,17-18H,10-16H2,1H3,(H,29,31)(H,30,32). The van der Waals surface area contributed by atoms with Crippen LogP contribution in [0, 0.1) is 17.3 Å². The lowest BCUT2D eigenvalue weighted by Gasteiger charge is -2.58. The molecule has 0 aliphatic heterocycles. The van der Waals surface area contributed by atoms with E-state index in [2.05, 4.69) is 10.6 Å². The first-order chi connectivity index (χ1) is 16.8. The molecule has 4 aliphatic rings. The van der Waals surface area contributed by atoms with Crippen LogP contribution in [0.5, 0.6) is 5.75 Å². The Morgan fingerprint density at radius 1 is 0.971 bits per heavy atom. The molecule has 7 nitrogen and oxygen atoms in total. The average molecular weight is 497 g/mol. The lowest BCUT2D eigenvalue weighted by Crippen LogP contribution is -2.56. The highest BCUT2D eigenvalue weighted by molar-refractivity contribution is 6.24. The quantitative estimate of drug-likeness (QED) is 0.415. The van der Waals surface area contributed by atoms with E-state index in [0.717, 1.165) is 32.1 Å². The van der Waals surface area contributed by atoms with Gasteiger partial charge in [0.25, 0.3) is 11.8 Å². The van der Waals surface area contributed by atoms with Crippen molar-refractivity contribution in [1.82, 2.24) is 0 Å². The van der Waals surface area contributed by atoms with E-state index in [9.17, 15) is 14.4 Å². The second kappa shape index (κ2) is 9.19. The van der Waals surface area contributed by atoms with E-state index < -0.39 is 11.3 Å². The number of methoxy groups -OCH3 is 1. The number of alkyl halides is 1. The number of para-hydroxylation sites is 2. The number of nitrogens with one attached hydrogen (secondary N) is 2. The van der Waals surface area contributed by atoms with Crippen LogP contribution in [-0.2, 0) is 14.3 Å². The van der Waals surface area contributed by atoms with E-state index in [4.69, 9.17) is 21.1 Å². The Morgan fingerprint density at radius 2 is 1.66 bits per heavy atom. The summed E-state index contributed by atoms with van der Waals surface area (Å²) in [6.07, 6.45) is 5.39. The zero-order valence-electron chi connectivity index (χ0n) is 19.6. The molecule has 2 unspecified atom stereocenters. The summed E-state index contributed by atoms with van der Waals surface area (Å²) < 4.78 is 10.7. The summed E-state index contributed by atoms with van der Waals surface area (Å²) in [4.78, 5) is 37.7. The van der Waals surface area contributed by atoms with E-state index in [1.54, 1.807) is 42.5 Å². The number of halogens is 1. The van der Waals surface area contributed by atoms with Gasteiger partial charge in [-0.25, -0.2) is 0 Å². The van der Waals surface area contributed by atoms with Crippen LogP contribution in [-0.4, -0.2) is 36.4 Å². The molecule has 8 heteroatoms. The molecule has 0 spiro atoms. The fourth-order valence-corrected chi connectivity index (χ4v) is 7.21. The number of anilines is 2. The number of amides is 2. The van der Waals surface area contributed by atoms with Crippen LogP contribution in [0.3, 0.4) is 0 Å². The van der Waals surface area contributed by atoms with Crippen molar-refractivity contribution in [2.24, 2.45) is 17.3 Å². The van der Waals surface area contributed by atoms with Crippen molar-refractivity contribution in [3.63, 3.8) is 0 Å². The van der Waals surface area contributed by atoms with E-state index in [1.165, 1.54) is 7.11 Å². The van der Waals surface area contributed by atoms with Crippen molar-refractivity contribution in [2.75, 3.05) is 24.4 Å². The summed E-state index contributed by atoms with van der Waals surface area (Å²) in [6, 6.07) is 13.6. The molecule has 4 saturated carbocycles. The van der Waals surface area contributed by atoms with Crippen LogP contribution in [0.15, 0.2) is 48.5 Å². The molecule has 2 aromatic carbocycles. The van der Waals surface area contributed by atoms with Gasteiger partial charge in [-0.2, -0.15) is 0 Å². The van der Waals surface area contributed by atoms with Gasteiger partial charge in [-0.1, -0.05) is 12.1 Å². The molecule has 4 fully saturated rings. The molecule has 2 amide bonds. The number of rotatable bonds is 7. The first-order valence-electron chi connectivity index (χ1n) is 12.0. The lowest BCUT2D eigenvalue weighted by atomic mass is 9.49. The van der Waals surface area contributed by atoms with Gasteiger partial charge in [0.2, 0.25) is 0 Å². The summed E-state index contributed by atoms with van der Waals surface area (Å²) in [7, 11) is 1.54. The maximum Gasteiger partial charge on any atom is 0.312 e. The Balaban J connectivity index is 1.14. The first kappa shape index (κ1) is 23.7. The largest absolute Gasteiger partial charge is 0.495 e. The predicted octanol–water partition coefficient (Wildman–Crippen LogP) is 5.01. The van der Waals surface area contributed by atoms with Gasteiger partial charge in [0.1, 0.15) is 5.75 Å². The van der Waals surface area contributed by atoms with E-state index in [1.807, 2.05) is 6.07 Å². The molecule has 4 aliphatic carbocycles. The third-order valence-corrected chi connectivity index (χ3v) is 7.99. The summed E-state index contributed by atoms with van der Waals surface area (Å²) in [5, 5.41) is 5.53. The predicted molar refractivity (Wildman–Crippen MR) is 133 cm³/mol. The van der Waals surface area contributed by atoms with Crippen LogP contribution in [0.25, 0.3) is 0 Å². The Kier molecular flexibility index (Phi) is 6.21. The molecule has 35 heavy (non-hydrogen) atoms. The Bertz CT molecular complexity index is 1130. The molecule has 0 saturated heterocycles. The fourth-order valence-electron chi connectivity index (χ4n) is 6.52. The Hall–Kier alpha value is -3.06. The van der Waals surface area contributed by atoms with Crippen molar-refractivity contribution in [1.29, 1.82) is 0 Å². The molecular formula is C27H29ClN2O5.